The first-order valence-corrected chi connectivity index (χ1v) is 9.45. The fraction of sp³-hybridized carbons (Fsp3) is 0.524. The van der Waals surface area contributed by atoms with E-state index in [2.05, 4.69) is 52.5 Å². The molecule has 2 saturated carbocycles. The lowest BCUT2D eigenvalue weighted by atomic mass is 9.53. The Bertz CT molecular complexity index is 653. The lowest BCUT2D eigenvalue weighted by Gasteiger charge is -2.55. The van der Waals surface area contributed by atoms with Crippen molar-refractivity contribution in [1.82, 2.24) is 15.3 Å². The molecular weight excluding hydrogens is 294 g/mol. The maximum atomic E-state index is 4.43. The zero-order chi connectivity index (χ0) is 16.4. The van der Waals surface area contributed by atoms with Crippen molar-refractivity contribution in [3.63, 3.8) is 0 Å². The summed E-state index contributed by atoms with van der Waals surface area (Å²) in [6, 6.07) is 11.7. The summed E-state index contributed by atoms with van der Waals surface area (Å²) in [5.74, 6) is 3.32. The van der Waals surface area contributed by atoms with Crippen LogP contribution in [0.15, 0.2) is 42.7 Å². The van der Waals surface area contributed by atoms with Crippen LogP contribution in [-0.4, -0.2) is 16.0 Å². The first-order chi connectivity index (χ1) is 11.9. The molecule has 0 saturated heterocycles. The van der Waals surface area contributed by atoms with Crippen LogP contribution in [0.4, 0.5) is 0 Å². The van der Waals surface area contributed by atoms with Gasteiger partial charge in [-0.1, -0.05) is 50.1 Å². The van der Waals surface area contributed by atoms with E-state index in [1.807, 2.05) is 12.4 Å². The molecule has 3 heteroatoms. The second-order valence-electron chi connectivity index (χ2n) is 7.32. The molecule has 0 spiro atoms. The van der Waals surface area contributed by atoms with Crippen LogP contribution >= 0.6 is 0 Å². The molecule has 24 heavy (non-hydrogen) atoms. The lowest BCUT2D eigenvalue weighted by molar-refractivity contribution is 0.0254. The Labute approximate surface area is 144 Å². The maximum absolute atomic E-state index is 4.43. The fourth-order valence-electron chi connectivity index (χ4n) is 4.77. The summed E-state index contributed by atoms with van der Waals surface area (Å²) in [6.07, 6.45) is 10.4. The Morgan fingerprint density at radius 1 is 1.00 bits per heavy atom. The molecule has 0 radical (unpaired) electrons. The van der Waals surface area contributed by atoms with E-state index >= 15 is 0 Å². The van der Waals surface area contributed by atoms with Gasteiger partial charge in [-0.25, -0.2) is 9.97 Å². The van der Waals surface area contributed by atoms with E-state index < -0.39 is 0 Å². The SMILES string of the molecule is CCc1ncc(CN[C@H]2[C@@H]3CCCC[C@H]3[C@@H]2c2ccccc2)cn1. The van der Waals surface area contributed by atoms with Crippen molar-refractivity contribution in [2.24, 2.45) is 11.8 Å². The van der Waals surface area contributed by atoms with Crippen molar-refractivity contribution in [3.8, 4) is 0 Å². The van der Waals surface area contributed by atoms with Gasteiger partial charge in [-0.05, 0) is 30.2 Å². The highest BCUT2D eigenvalue weighted by Crippen LogP contribution is 2.54. The van der Waals surface area contributed by atoms with Crippen LogP contribution in [-0.2, 0) is 13.0 Å². The minimum atomic E-state index is 0.601. The van der Waals surface area contributed by atoms with Gasteiger partial charge in [-0.3, -0.25) is 0 Å². The zero-order valence-electron chi connectivity index (χ0n) is 14.5. The van der Waals surface area contributed by atoms with Gasteiger partial charge >= 0.3 is 0 Å². The summed E-state index contributed by atoms with van der Waals surface area (Å²) in [6.45, 7) is 2.97. The molecule has 2 aliphatic rings. The molecule has 1 heterocycles. The minimum absolute atomic E-state index is 0.601. The van der Waals surface area contributed by atoms with Gasteiger partial charge in [0.05, 0.1) is 0 Å². The smallest absolute Gasteiger partial charge is 0.127 e. The van der Waals surface area contributed by atoms with Crippen molar-refractivity contribution in [2.45, 2.75) is 57.5 Å². The first kappa shape index (κ1) is 15.8. The Balaban J connectivity index is 1.47. The monoisotopic (exact) mass is 321 g/mol. The summed E-state index contributed by atoms with van der Waals surface area (Å²) < 4.78 is 0. The van der Waals surface area contributed by atoms with Gasteiger partial charge in [0.15, 0.2) is 0 Å². The van der Waals surface area contributed by atoms with Crippen molar-refractivity contribution < 1.29 is 0 Å². The number of rotatable bonds is 5. The van der Waals surface area contributed by atoms with Crippen molar-refractivity contribution >= 4 is 0 Å². The normalized spacial score (nSPS) is 28.9. The van der Waals surface area contributed by atoms with Crippen molar-refractivity contribution in [1.29, 1.82) is 0 Å². The Morgan fingerprint density at radius 2 is 1.71 bits per heavy atom. The Hall–Kier alpha value is -1.74. The van der Waals surface area contributed by atoms with Crippen LogP contribution in [0, 0.1) is 11.8 Å². The maximum Gasteiger partial charge on any atom is 0.127 e. The van der Waals surface area contributed by atoms with E-state index in [9.17, 15) is 0 Å². The van der Waals surface area contributed by atoms with Crippen molar-refractivity contribution in [2.75, 3.05) is 0 Å². The summed E-state index contributed by atoms with van der Waals surface area (Å²) in [5.41, 5.74) is 2.70. The largest absolute Gasteiger partial charge is 0.309 e. The highest BCUT2D eigenvalue weighted by molar-refractivity contribution is 5.28. The van der Waals surface area contributed by atoms with Crippen LogP contribution in [0.1, 0.15) is 55.5 Å². The van der Waals surface area contributed by atoms with Gasteiger partial charge in [-0.15, -0.1) is 0 Å². The van der Waals surface area contributed by atoms with Gasteiger partial charge in [0.25, 0.3) is 0 Å². The number of aromatic nitrogens is 2. The van der Waals surface area contributed by atoms with Gasteiger partial charge < -0.3 is 5.32 Å². The lowest BCUT2D eigenvalue weighted by Crippen LogP contribution is -2.57. The predicted molar refractivity (Wildman–Crippen MR) is 96.7 cm³/mol. The Morgan fingerprint density at radius 3 is 2.42 bits per heavy atom. The van der Waals surface area contributed by atoms with Crippen LogP contribution in [0.3, 0.4) is 0 Å². The van der Waals surface area contributed by atoms with Gasteiger partial charge in [-0.2, -0.15) is 0 Å². The number of nitrogens with one attached hydrogen (secondary N) is 1. The molecule has 1 aromatic carbocycles. The average molecular weight is 321 g/mol. The molecule has 2 fully saturated rings. The molecule has 3 nitrogen and oxygen atoms in total. The van der Waals surface area contributed by atoms with E-state index in [-0.39, 0.29) is 0 Å². The average Bonchev–Trinajstić information content (AvgIpc) is 2.64. The second kappa shape index (κ2) is 7.02. The van der Waals surface area contributed by atoms with E-state index in [0.717, 1.165) is 30.6 Å². The third-order valence-corrected chi connectivity index (χ3v) is 5.99. The minimum Gasteiger partial charge on any atom is -0.309 e. The molecule has 4 atom stereocenters. The molecular formula is C21H27N3. The highest BCUT2D eigenvalue weighted by Gasteiger charge is 2.50. The quantitative estimate of drug-likeness (QED) is 0.901. The third kappa shape index (κ3) is 2.98. The number of aryl methyl sites for hydroxylation is 1. The molecule has 0 amide bonds. The number of hydrogen-bond donors (Lipinski definition) is 1. The van der Waals surface area contributed by atoms with Crippen LogP contribution in [0.2, 0.25) is 0 Å². The molecule has 0 unspecified atom stereocenters. The summed E-state index contributed by atoms with van der Waals surface area (Å²) >= 11 is 0. The number of fused-ring (bicyclic) bond motifs is 1. The molecule has 4 rings (SSSR count). The predicted octanol–water partition coefficient (Wildman–Crippen LogP) is 4.10. The number of hydrogen-bond acceptors (Lipinski definition) is 3. The van der Waals surface area contributed by atoms with Crippen LogP contribution < -0.4 is 5.32 Å². The molecule has 126 valence electrons. The van der Waals surface area contributed by atoms with Gasteiger partial charge in [0.1, 0.15) is 5.82 Å². The Kier molecular flexibility index (Phi) is 4.61. The zero-order valence-corrected chi connectivity index (χ0v) is 14.5. The summed E-state index contributed by atoms with van der Waals surface area (Å²) in [4.78, 5) is 8.85. The third-order valence-electron chi connectivity index (χ3n) is 5.99. The van der Waals surface area contributed by atoms with Crippen LogP contribution in [0.25, 0.3) is 0 Å². The topological polar surface area (TPSA) is 37.8 Å². The molecule has 2 aromatic rings. The van der Waals surface area contributed by atoms with Crippen LogP contribution in [0.5, 0.6) is 0 Å². The molecule has 2 aliphatic carbocycles. The number of nitrogens with zero attached hydrogens (tertiary/aromatic N) is 2. The van der Waals surface area contributed by atoms with E-state index in [0.29, 0.717) is 12.0 Å². The molecule has 1 N–H and O–H groups in total. The van der Waals surface area contributed by atoms with E-state index in [4.69, 9.17) is 0 Å². The highest BCUT2D eigenvalue weighted by atomic mass is 15.0. The standard InChI is InChI=1S/C21H27N3/c1-2-19-22-12-15(13-23-19)14-24-21-18-11-7-6-10-17(18)20(21)16-8-4-3-5-9-16/h3-5,8-9,12-13,17-18,20-21,24H,2,6-7,10-11,14H2,1H3/t17-,18-,20+,21+/m1/s1. The number of benzene rings is 1. The summed E-state index contributed by atoms with van der Waals surface area (Å²) in [7, 11) is 0. The molecule has 0 bridgehead atoms. The van der Waals surface area contributed by atoms with E-state index in [1.165, 1.54) is 36.8 Å². The second-order valence-corrected chi connectivity index (χ2v) is 7.32. The van der Waals surface area contributed by atoms with Crippen molar-refractivity contribution in [3.05, 3.63) is 59.7 Å². The molecule has 0 aliphatic heterocycles. The summed E-state index contributed by atoms with van der Waals surface area (Å²) in [5, 5.41) is 3.84. The van der Waals surface area contributed by atoms with Gasteiger partial charge in [0.2, 0.25) is 0 Å². The fourth-order valence-corrected chi connectivity index (χ4v) is 4.77. The first-order valence-electron chi connectivity index (χ1n) is 9.45. The van der Waals surface area contributed by atoms with E-state index in [1.54, 1.807) is 0 Å². The van der Waals surface area contributed by atoms with Gasteiger partial charge in [0, 0.05) is 42.9 Å². The molecule has 1 aromatic heterocycles.